The zero-order valence-electron chi connectivity index (χ0n) is 13.3. The van der Waals surface area contributed by atoms with Crippen molar-refractivity contribution in [3.8, 4) is 0 Å². The Kier molecular flexibility index (Phi) is 5.47. The molecule has 6 heteroatoms. The van der Waals surface area contributed by atoms with Gasteiger partial charge in [-0.3, -0.25) is 9.59 Å². The lowest BCUT2D eigenvalue weighted by atomic mass is 9.96. The first kappa shape index (κ1) is 17.3. The van der Waals surface area contributed by atoms with E-state index in [9.17, 15) is 9.59 Å². The summed E-state index contributed by atoms with van der Waals surface area (Å²) in [6, 6.07) is 4.67. The van der Waals surface area contributed by atoms with Gasteiger partial charge in [-0.2, -0.15) is 0 Å². The molecule has 0 radical (unpaired) electrons. The lowest BCUT2D eigenvalue weighted by Crippen LogP contribution is -2.36. The number of aromatic amines is 1. The number of nitrogens with one attached hydrogen (secondary N) is 2. The number of benzene rings is 1. The van der Waals surface area contributed by atoms with E-state index < -0.39 is 0 Å². The maximum absolute atomic E-state index is 12.5. The van der Waals surface area contributed by atoms with Crippen LogP contribution in [0.5, 0.6) is 0 Å². The van der Waals surface area contributed by atoms with Crippen LogP contribution in [0.3, 0.4) is 0 Å². The number of carbonyl (C=O) groups is 1. The van der Waals surface area contributed by atoms with Crippen LogP contribution < -0.4 is 10.7 Å². The summed E-state index contributed by atoms with van der Waals surface area (Å²) in [6.45, 7) is 0. The van der Waals surface area contributed by atoms with Gasteiger partial charge in [0.15, 0.2) is 5.43 Å². The molecule has 0 unspecified atom stereocenters. The third kappa shape index (κ3) is 3.76. The Labute approximate surface area is 150 Å². The van der Waals surface area contributed by atoms with E-state index in [4.69, 9.17) is 23.2 Å². The van der Waals surface area contributed by atoms with Crippen molar-refractivity contribution in [3.63, 3.8) is 0 Å². The second-order valence-corrected chi connectivity index (χ2v) is 7.13. The van der Waals surface area contributed by atoms with Crippen molar-refractivity contribution in [2.45, 2.75) is 51.0 Å². The summed E-state index contributed by atoms with van der Waals surface area (Å²) in [5.41, 5.74) is 0.378. The first-order valence-corrected chi connectivity index (χ1v) is 9.14. The predicted molar refractivity (Wildman–Crippen MR) is 98.2 cm³/mol. The van der Waals surface area contributed by atoms with E-state index >= 15 is 0 Å². The quantitative estimate of drug-likeness (QED) is 0.810. The van der Waals surface area contributed by atoms with E-state index in [0.717, 1.165) is 25.7 Å². The lowest BCUT2D eigenvalue weighted by Gasteiger charge is -2.21. The van der Waals surface area contributed by atoms with Gasteiger partial charge in [-0.15, -0.1) is 0 Å². The van der Waals surface area contributed by atoms with Gasteiger partial charge in [0.05, 0.1) is 15.6 Å². The standard InChI is InChI=1S/C18H20Cl2N2O2/c19-13-9-8-12-15(23)10-14(22-17(12)16(13)20)18(24)21-11-6-4-2-1-3-5-7-11/h8-11H,1-7H2,(H,21,24)(H,22,23). The summed E-state index contributed by atoms with van der Waals surface area (Å²) in [5.74, 6) is -0.268. The number of pyridine rings is 1. The van der Waals surface area contributed by atoms with Crippen molar-refractivity contribution in [3.05, 3.63) is 44.2 Å². The number of aromatic nitrogens is 1. The minimum atomic E-state index is -0.268. The van der Waals surface area contributed by atoms with Crippen molar-refractivity contribution >= 4 is 40.0 Å². The average molecular weight is 367 g/mol. The highest BCUT2D eigenvalue weighted by atomic mass is 35.5. The molecule has 0 aliphatic heterocycles. The van der Waals surface area contributed by atoms with Gasteiger partial charge < -0.3 is 10.3 Å². The van der Waals surface area contributed by atoms with E-state index in [1.165, 1.54) is 25.3 Å². The first-order chi connectivity index (χ1) is 11.6. The van der Waals surface area contributed by atoms with Crippen LogP contribution in [0.2, 0.25) is 10.0 Å². The zero-order valence-corrected chi connectivity index (χ0v) is 14.8. The minimum absolute atomic E-state index is 0.159. The smallest absolute Gasteiger partial charge is 0.268 e. The Bertz CT molecular complexity index is 809. The fourth-order valence-electron chi connectivity index (χ4n) is 3.24. The molecule has 24 heavy (non-hydrogen) atoms. The van der Waals surface area contributed by atoms with Crippen LogP contribution >= 0.6 is 23.2 Å². The maximum atomic E-state index is 12.5. The highest BCUT2D eigenvalue weighted by molar-refractivity contribution is 6.45. The van der Waals surface area contributed by atoms with Gasteiger partial charge in [0, 0.05) is 17.5 Å². The number of amides is 1. The molecule has 0 saturated heterocycles. The van der Waals surface area contributed by atoms with Gasteiger partial charge >= 0.3 is 0 Å². The Morgan fingerprint density at radius 1 is 1.08 bits per heavy atom. The number of hydrogen-bond acceptors (Lipinski definition) is 2. The van der Waals surface area contributed by atoms with Crippen LogP contribution in [0.15, 0.2) is 23.0 Å². The molecular formula is C18H20Cl2N2O2. The van der Waals surface area contributed by atoms with Crippen LogP contribution in [-0.2, 0) is 0 Å². The van der Waals surface area contributed by atoms with Crippen LogP contribution in [0.1, 0.15) is 55.4 Å². The molecule has 1 heterocycles. The first-order valence-electron chi connectivity index (χ1n) is 8.38. The molecular weight excluding hydrogens is 347 g/mol. The van der Waals surface area contributed by atoms with Gasteiger partial charge in [0.1, 0.15) is 5.69 Å². The van der Waals surface area contributed by atoms with Crippen molar-refractivity contribution < 1.29 is 4.79 Å². The number of rotatable bonds is 2. The van der Waals surface area contributed by atoms with E-state index in [1.54, 1.807) is 12.1 Å². The van der Waals surface area contributed by atoms with Crippen molar-refractivity contribution in [1.29, 1.82) is 0 Å². The molecule has 2 N–H and O–H groups in total. The van der Waals surface area contributed by atoms with Crippen LogP contribution in [0.25, 0.3) is 10.9 Å². The minimum Gasteiger partial charge on any atom is -0.349 e. The number of carbonyl (C=O) groups excluding carboxylic acids is 1. The summed E-state index contributed by atoms with van der Waals surface area (Å²) in [7, 11) is 0. The van der Waals surface area contributed by atoms with E-state index in [1.807, 2.05) is 0 Å². The topological polar surface area (TPSA) is 62.0 Å². The largest absolute Gasteiger partial charge is 0.349 e. The molecule has 3 rings (SSSR count). The van der Waals surface area contributed by atoms with Crippen LogP contribution in [0, 0.1) is 0 Å². The summed E-state index contributed by atoms with van der Waals surface area (Å²) < 4.78 is 0. The highest BCUT2D eigenvalue weighted by Crippen LogP contribution is 2.28. The summed E-state index contributed by atoms with van der Waals surface area (Å²) >= 11 is 12.2. The second-order valence-electron chi connectivity index (χ2n) is 6.35. The third-order valence-electron chi connectivity index (χ3n) is 4.58. The number of halogens is 2. The Morgan fingerprint density at radius 2 is 1.75 bits per heavy atom. The second kappa shape index (κ2) is 7.58. The molecule has 2 aromatic rings. The van der Waals surface area contributed by atoms with Gasteiger partial charge in [0.25, 0.3) is 5.91 Å². The summed E-state index contributed by atoms with van der Waals surface area (Å²) in [6.07, 6.45) is 7.92. The van der Waals surface area contributed by atoms with Crippen LogP contribution in [-0.4, -0.2) is 16.9 Å². The third-order valence-corrected chi connectivity index (χ3v) is 5.38. The van der Waals surface area contributed by atoms with Crippen molar-refractivity contribution in [1.82, 2.24) is 10.3 Å². The van der Waals surface area contributed by atoms with Gasteiger partial charge in [-0.05, 0) is 25.0 Å². The Morgan fingerprint density at radius 3 is 2.46 bits per heavy atom. The Hall–Kier alpha value is -1.52. The summed E-state index contributed by atoms with van der Waals surface area (Å²) in [5, 5.41) is 4.07. The normalized spacial score (nSPS) is 16.6. The molecule has 1 aliphatic rings. The number of hydrogen-bond donors (Lipinski definition) is 2. The zero-order chi connectivity index (χ0) is 17.1. The lowest BCUT2D eigenvalue weighted by molar-refractivity contribution is 0.0925. The van der Waals surface area contributed by atoms with Crippen molar-refractivity contribution in [2.24, 2.45) is 0 Å². The van der Waals surface area contributed by atoms with E-state index in [0.29, 0.717) is 15.9 Å². The molecule has 0 spiro atoms. The highest BCUT2D eigenvalue weighted by Gasteiger charge is 2.17. The molecule has 0 atom stereocenters. The molecule has 4 nitrogen and oxygen atoms in total. The van der Waals surface area contributed by atoms with Crippen molar-refractivity contribution in [2.75, 3.05) is 0 Å². The molecule has 1 fully saturated rings. The Balaban J connectivity index is 1.86. The number of H-pyrrole nitrogens is 1. The van der Waals surface area contributed by atoms with E-state index in [-0.39, 0.29) is 28.1 Å². The van der Waals surface area contributed by atoms with Gasteiger partial charge in [0.2, 0.25) is 0 Å². The van der Waals surface area contributed by atoms with Gasteiger partial charge in [-0.1, -0.05) is 55.3 Å². The molecule has 1 aromatic carbocycles. The molecule has 1 aliphatic carbocycles. The predicted octanol–water partition coefficient (Wildman–Crippen LogP) is 4.68. The monoisotopic (exact) mass is 366 g/mol. The number of fused-ring (bicyclic) bond motifs is 1. The van der Waals surface area contributed by atoms with E-state index in [2.05, 4.69) is 10.3 Å². The molecule has 0 bridgehead atoms. The molecule has 1 amide bonds. The molecule has 128 valence electrons. The molecule has 1 saturated carbocycles. The van der Waals surface area contributed by atoms with Crippen LogP contribution in [0.4, 0.5) is 0 Å². The fourth-order valence-corrected chi connectivity index (χ4v) is 3.61. The maximum Gasteiger partial charge on any atom is 0.268 e. The average Bonchev–Trinajstić information content (AvgIpc) is 2.53. The molecule has 1 aromatic heterocycles. The fraction of sp³-hybridized carbons (Fsp3) is 0.444. The van der Waals surface area contributed by atoms with Gasteiger partial charge in [-0.25, -0.2) is 0 Å². The SMILES string of the molecule is O=C(NC1CCCCCCC1)c1cc(=O)c2ccc(Cl)c(Cl)c2[nH]1. The summed E-state index contributed by atoms with van der Waals surface area (Å²) in [4.78, 5) is 27.8.